The van der Waals surface area contributed by atoms with E-state index in [-0.39, 0.29) is 21.8 Å². The second-order valence-electron chi connectivity index (χ2n) is 8.58. The lowest BCUT2D eigenvalue weighted by atomic mass is 9.87. The number of hydrogen-bond acceptors (Lipinski definition) is 9. The molecule has 0 unspecified atom stereocenters. The summed E-state index contributed by atoms with van der Waals surface area (Å²) in [5, 5.41) is 1.05. The largest absolute Gasteiger partial charge is 0.495 e. The van der Waals surface area contributed by atoms with Gasteiger partial charge in [0, 0.05) is 22.5 Å². The summed E-state index contributed by atoms with van der Waals surface area (Å²) in [7, 11) is -2.86. The van der Waals surface area contributed by atoms with Gasteiger partial charge in [-0.05, 0) is 41.3 Å². The van der Waals surface area contributed by atoms with Gasteiger partial charge in [-0.25, -0.2) is 18.1 Å². The van der Waals surface area contributed by atoms with Crippen LogP contribution in [0.1, 0.15) is 36.8 Å². The van der Waals surface area contributed by atoms with Crippen molar-refractivity contribution < 1.29 is 17.9 Å². The number of benzene rings is 2. The number of methoxy groups -OCH3 is 1. The van der Waals surface area contributed by atoms with Crippen LogP contribution in [-0.4, -0.2) is 35.8 Å². The Hall–Kier alpha value is -3.57. The van der Waals surface area contributed by atoms with Crippen molar-refractivity contribution in [2.24, 2.45) is 0 Å². The number of sulfonamides is 1. The number of hydrogen-bond donors (Lipinski definition) is 2. The molecule has 34 heavy (non-hydrogen) atoms. The highest BCUT2D eigenvalue weighted by molar-refractivity contribution is 7.90. The lowest BCUT2D eigenvalue weighted by molar-refractivity contribution is 0.0977. The molecule has 1 amide bonds. The molecule has 0 aliphatic heterocycles. The van der Waals surface area contributed by atoms with Gasteiger partial charge in [0.15, 0.2) is 11.0 Å². The number of nitrogens with one attached hydrogen (secondary N) is 1. The minimum Gasteiger partial charge on any atom is -0.495 e. The number of pyridine rings is 1. The molecule has 0 atom stereocenters. The third kappa shape index (κ3) is 4.57. The quantitative estimate of drug-likeness (QED) is 0.425. The fraction of sp³-hybridized carbons (Fsp3) is 0.217. The topological polar surface area (TPSA) is 137 Å². The second kappa shape index (κ2) is 8.65. The SMILES string of the molecule is COc1ccc(C(C)(C)C)cc1S(=O)(=O)NC(=O)c1ccc2c(-c3nsc(N)n3)cccc2n1. The maximum absolute atomic E-state index is 13.1. The lowest BCUT2D eigenvalue weighted by Gasteiger charge is -2.21. The van der Waals surface area contributed by atoms with Crippen LogP contribution in [0.25, 0.3) is 22.3 Å². The molecule has 0 saturated heterocycles. The van der Waals surface area contributed by atoms with E-state index in [2.05, 4.69) is 19.1 Å². The summed E-state index contributed by atoms with van der Waals surface area (Å²) in [6.45, 7) is 5.89. The Kier molecular flexibility index (Phi) is 6.00. The number of ether oxygens (including phenoxy) is 1. The first-order chi connectivity index (χ1) is 16.0. The highest BCUT2D eigenvalue weighted by Crippen LogP contribution is 2.31. The predicted octanol–water partition coefficient (Wildman–Crippen LogP) is 3.76. The Morgan fingerprint density at radius 3 is 2.50 bits per heavy atom. The molecular weight excluding hydrogens is 474 g/mol. The van der Waals surface area contributed by atoms with Crippen LogP contribution in [0.5, 0.6) is 5.75 Å². The third-order valence-electron chi connectivity index (χ3n) is 5.19. The summed E-state index contributed by atoms with van der Waals surface area (Å²) >= 11 is 1.08. The van der Waals surface area contributed by atoms with E-state index < -0.39 is 15.9 Å². The van der Waals surface area contributed by atoms with Gasteiger partial charge in [0.2, 0.25) is 0 Å². The zero-order valence-corrected chi connectivity index (χ0v) is 20.6. The van der Waals surface area contributed by atoms with E-state index in [1.807, 2.05) is 26.8 Å². The number of carbonyl (C=O) groups is 1. The number of amides is 1. The van der Waals surface area contributed by atoms with Crippen molar-refractivity contribution in [2.75, 3.05) is 12.8 Å². The third-order valence-corrected chi connectivity index (χ3v) is 7.09. The number of nitrogen functional groups attached to an aromatic ring is 1. The van der Waals surface area contributed by atoms with E-state index >= 15 is 0 Å². The van der Waals surface area contributed by atoms with Gasteiger partial charge in [-0.2, -0.15) is 9.36 Å². The van der Waals surface area contributed by atoms with Crippen molar-refractivity contribution in [1.82, 2.24) is 19.1 Å². The Labute approximate surface area is 201 Å². The molecule has 0 radical (unpaired) electrons. The molecule has 2 aromatic carbocycles. The van der Waals surface area contributed by atoms with E-state index in [0.717, 1.165) is 17.1 Å². The normalized spacial score (nSPS) is 12.0. The first kappa shape index (κ1) is 23.6. The van der Waals surface area contributed by atoms with Crippen molar-refractivity contribution >= 4 is 43.5 Å². The summed E-state index contributed by atoms with van der Waals surface area (Å²) in [6.07, 6.45) is 0. The molecule has 0 spiro atoms. The Bertz CT molecular complexity index is 1510. The molecule has 0 aliphatic rings. The average Bonchev–Trinajstić information content (AvgIpc) is 3.23. The first-order valence-corrected chi connectivity index (χ1v) is 12.5. The Morgan fingerprint density at radius 2 is 1.85 bits per heavy atom. The zero-order valence-electron chi connectivity index (χ0n) is 19.0. The molecule has 0 saturated carbocycles. The van der Waals surface area contributed by atoms with Crippen LogP contribution >= 0.6 is 11.5 Å². The van der Waals surface area contributed by atoms with E-state index in [4.69, 9.17) is 10.5 Å². The van der Waals surface area contributed by atoms with Crippen molar-refractivity contribution in [3.8, 4) is 17.1 Å². The van der Waals surface area contributed by atoms with Crippen molar-refractivity contribution in [2.45, 2.75) is 31.1 Å². The monoisotopic (exact) mass is 497 g/mol. The van der Waals surface area contributed by atoms with Crippen LogP contribution < -0.4 is 15.2 Å². The summed E-state index contributed by atoms with van der Waals surface area (Å²) in [6, 6.07) is 13.3. The average molecular weight is 498 g/mol. The maximum Gasteiger partial charge on any atom is 0.283 e. The van der Waals surface area contributed by atoms with Gasteiger partial charge in [-0.15, -0.1) is 0 Å². The Morgan fingerprint density at radius 1 is 1.09 bits per heavy atom. The summed E-state index contributed by atoms with van der Waals surface area (Å²) in [5.74, 6) is -0.258. The standard InChI is InChI=1S/C23H23N5O4S2/c1-23(2,3)13-8-11-18(32-4)19(12-13)34(30,31)28-21(29)17-10-9-14-15(6-5-7-16(14)25-17)20-26-22(24)33-27-20/h5-12H,1-4H3,(H,28,29)(H2,24,26,27). The Balaban J connectivity index is 1.68. The van der Waals surface area contributed by atoms with Gasteiger partial charge < -0.3 is 10.5 Å². The van der Waals surface area contributed by atoms with Crippen molar-refractivity contribution in [3.63, 3.8) is 0 Å². The summed E-state index contributed by atoms with van der Waals surface area (Å²) in [5.41, 5.74) is 7.33. The number of rotatable bonds is 5. The number of carbonyl (C=O) groups excluding carboxylic acids is 1. The number of fused-ring (bicyclic) bond motifs is 1. The number of nitrogens with two attached hydrogens (primary N) is 1. The van der Waals surface area contributed by atoms with Crippen LogP contribution in [0.3, 0.4) is 0 Å². The van der Waals surface area contributed by atoms with Crippen LogP contribution in [0.4, 0.5) is 5.13 Å². The molecule has 2 heterocycles. The first-order valence-electron chi connectivity index (χ1n) is 10.2. The predicted molar refractivity (Wildman–Crippen MR) is 131 cm³/mol. The van der Waals surface area contributed by atoms with E-state index in [0.29, 0.717) is 27.4 Å². The second-order valence-corrected chi connectivity index (χ2v) is 11.0. The van der Waals surface area contributed by atoms with Crippen LogP contribution in [0, 0.1) is 0 Å². The molecule has 2 aromatic heterocycles. The van der Waals surface area contributed by atoms with Gasteiger partial charge in [0.25, 0.3) is 15.9 Å². The number of nitrogens with zero attached hydrogens (tertiary/aromatic N) is 3. The van der Waals surface area contributed by atoms with E-state index in [1.54, 1.807) is 30.3 Å². The molecule has 0 aliphatic carbocycles. The van der Waals surface area contributed by atoms with Gasteiger partial charge >= 0.3 is 0 Å². The lowest BCUT2D eigenvalue weighted by Crippen LogP contribution is -2.31. The smallest absolute Gasteiger partial charge is 0.283 e. The van der Waals surface area contributed by atoms with Crippen molar-refractivity contribution in [1.29, 1.82) is 0 Å². The molecule has 4 aromatic rings. The molecule has 4 rings (SSSR count). The highest BCUT2D eigenvalue weighted by Gasteiger charge is 2.26. The highest BCUT2D eigenvalue weighted by atomic mass is 32.2. The molecule has 9 nitrogen and oxygen atoms in total. The molecular formula is C23H23N5O4S2. The fourth-order valence-electron chi connectivity index (χ4n) is 3.40. The van der Waals surface area contributed by atoms with Gasteiger partial charge in [-0.1, -0.05) is 39.0 Å². The summed E-state index contributed by atoms with van der Waals surface area (Å²) in [4.78, 5) is 21.3. The van der Waals surface area contributed by atoms with Crippen molar-refractivity contribution in [3.05, 3.63) is 59.8 Å². The summed E-state index contributed by atoms with van der Waals surface area (Å²) < 4.78 is 37.8. The maximum atomic E-state index is 13.1. The van der Waals surface area contributed by atoms with Crippen LogP contribution in [-0.2, 0) is 15.4 Å². The van der Waals surface area contributed by atoms with Gasteiger partial charge in [-0.3, -0.25) is 4.79 Å². The van der Waals surface area contributed by atoms with Gasteiger partial charge in [0.1, 0.15) is 16.3 Å². The van der Waals surface area contributed by atoms with Crippen LogP contribution in [0.15, 0.2) is 53.4 Å². The molecule has 0 bridgehead atoms. The zero-order chi connectivity index (χ0) is 24.7. The van der Waals surface area contributed by atoms with E-state index in [9.17, 15) is 13.2 Å². The number of anilines is 1. The molecule has 3 N–H and O–H groups in total. The molecule has 0 fully saturated rings. The fourth-order valence-corrected chi connectivity index (χ4v) is 5.01. The number of aromatic nitrogens is 3. The minimum atomic E-state index is -4.23. The van der Waals surface area contributed by atoms with E-state index in [1.165, 1.54) is 19.2 Å². The van der Waals surface area contributed by atoms with Crippen LogP contribution in [0.2, 0.25) is 0 Å². The minimum absolute atomic E-state index is 0.0510. The van der Waals surface area contributed by atoms with Gasteiger partial charge in [0.05, 0.1) is 12.6 Å². The molecule has 176 valence electrons. The molecule has 11 heteroatoms.